The van der Waals surface area contributed by atoms with Crippen LogP contribution in [0.1, 0.15) is 27.4 Å². The molecule has 0 saturated heterocycles. The highest BCUT2D eigenvalue weighted by atomic mass is 16.5. The van der Waals surface area contributed by atoms with Gasteiger partial charge in [0.15, 0.2) is 5.58 Å². The normalized spacial score (nSPS) is 10.9. The fourth-order valence-corrected chi connectivity index (χ4v) is 3.25. The number of amides is 1. The molecule has 0 fully saturated rings. The van der Waals surface area contributed by atoms with Crippen LogP contribution < -0.4 is 10.1 Å². The summed E-state index contributed by atoms with van der Waals surface area (Å²) in [5.74, 6) is 1.45. The number of ether oxygens (including phenoxy) is 1. The number of hydrogen-bond acceptors (Lipinski definition) is 4. The van der Waals surface area contributed by atoms with Crippen molar-refractivity contribution in [3.05, 3.63) is 83.5 Å². The highest BCUT2D eigenvalue weighted by Crippen LogP contribution is 2.25. The number of carbonyl (C=O) groups is 1. The molecule has 0 atom stereocenters. The number of pyridine rings is 1. The van der Waals surface area contributed by atoms with E-state index in [2.05, 4.69) is 10.3 Å². The van der Waals surface area contributed by atoms with E-state index in [1.54, 1.807) is 25.6 Å². The van der Waals surface area contributed by atoms with E-state index in [0.29, 0.717) is 24.4 Å². The summed E-state index contributed by atoms with van der Waals surface area (Å²) >= 11 is 0. The molecule has 4 rings (SSSR count). The quantitative estimate of drug-likeness (QED) is 0.554. The first-order valence-electron chi connectivity index (χ1n) is 9.04. The zero-order valence-corrected chi connectivity index (χ0v) is 15.8. The van der Waals surface area contributed by atoms with Gasteiger partial charge in [-0.3, -0.25) is 9.78 Å². The first-order valence-corrected chi connectivity index (χ1v) is 9.04. The van der Waals surface area contributed by atoms with Gasteiger partial charge in [0.2, 0.25) is 0 Å². The van der Waals surface area contributed by atoms with Crippen molar-refractivity contribution in [2.24, 2.45) is 0 Å². The van der Waals surface area contributed by atoms with Crippen LogP contribution in [0.25, 0.3) is 11.1 Å². The molecule has 3 heterocycles. The van der Waals surface area contributed by atoms with Crippen molar-refractivity contribution in [3.8, 4) is 5.75 Å². The lowest BCUT2D eigenvalue weighted by molar-refractivity contribution is 0.0942. The Labute approximate surface area is 162 Å². The number of nitrogens with zero attached hydrogens (tertiary/aromatic N) is 2. The molecule has 0 unspecified atom stereocenters. The van der Waals surface area contributed by atoms with Crippen molar-refractivity contribution in [3.63, 3.8) is 0 Å². The van der Waals surface area contributed by atoms with Gasteiger partial charge in [0.05, 0.1) is 12.6 Å². The van der Waals surface area contributed by atoms with Crippen molar-refractivity contribution in [2.45, 2.75) is 20.0 Å². The Balaban J connectivity index is 1.64. The molecule has 3 aromatic heterocycles. The first-order chi connectivity index (χ1) is 13.6. The topological polar surface area (TPSA) is 69.3 Å². The molecular formula is C22H21N3O3. The molecule has 6 heteroatoms. The number of furan rings is 1. The Bertz CT molecular complexity index is 1110. The fourth-order valence-electron chi connectivity index (χ4n) is 3.25. The number of aromatic nitrogens is 2. The lowest BCUT2D eigenvalue weighted by Gasteiger charge is -2.11. The number of rotatable bonds is 6. The lowest BCUT2D eigenvalue weighted by Crippen LogP contribution is -2.25. The van der Waals surface area contributed by atoms with Crippen molar-refractivity contribution < 1.29 is 13.9 Å². The van der Waals surface area contributed by atoms with Crippen LogP contribution in [0.3, 0.4) is 0 Å². The van der Waals surface area contributed by atoms with Gasteiger partial charge in [-0.05, 0) is 42.3 Å². The molecular weight excluding hydrogens is 354 g/mol. The highest BCUT2D eigenvalue weighted by molar-refractivity contribution is 5.97. The molecule has 0 spiro atoms. The Morgan fingerprint density at radius 1 is 1.14 bits per heavy atom. The van der Waals surface area contributed by atoms with Gasteiger partial charge < -0.3 is 19.0 Å². The molecule has 0 aliphatic heterocycles. The Hall–Kier alpha value is -3.54. The standard InChI is InChI=1S/C22H21N3O3/c1-15-10-19-21(28-15)12-20(22(26)24-13-16-6-8-23-9-7-16)25(19)14-17-4-3-5-18(11-17)27-2/h3-12H,13-14H2,1-2H3,(H,24,26). The van der Waals surface area contributed by atoms with Crippen molar-refractivity contribution >= 4 is 17.0 Å². The predicted octanol–water partition coefficient (Wildman–Crippen LogP) is 3.92. The molecule has 0 aliphatic rings. The molecule has 0 saturated carbocycles. The van der Waals surface area contributed by atoms with E-state index >= 15 is 0 Å². The zero-order valence-electron chi connectivity index (χ0n) is 15.8. The molecule has 142 valence electrons. The summed E-state index contributed by atoms with van der Waals surface area (Å²) in [6, 6.07) is 15.3. The largest absolute Gasteiger partial charge is 0.497 e. The molecule has 0 bridgehead atoms. The smallest absolute Gasteiger partial charge is 0.268 e. The number of hydrogen-bond donors (Lipinski definition) is 1. The van der Waals surface area contributed by atoms with Crippen molar-refractivity contribution in [1.82, 2.24) is 14.9 Å². The molecule has 1 amide bonds. The van der Waals surface area contributed by atoms with Crippen LogP contribution in [0.2, 0.25) is 0 Å². The van der Waals surface area contributed by atoms with Crippen LogP contribution in [-0.4, -0.2) is 22.6 Å². The van der Waals surface area contributed by atoms with Gasteiger partial charge in [-0.25, -0.2) is 0 Å². The highest BCUT2D eigenvalue weighted by Gasteiger charge is 2.18. The van der Waals surface area contributed by atoms with E-state index in [1.807, 2.05) is 54.0 Å². The minimum Gasteiger partial charge on any atom is -0.497 e. The second-order valence-corrected chi connectivity index (χ2v) is 6.61. The molecule has 1 N–H and O–H groups in total. The van der Waals surface area contributed by atoms with Gasteiger partial charge in [0.1, 0.15) is 17.2 Å². The zero-order chi connectivity index (χ0) is 19.5. The van der Waals surface area contributed by atoms with E-state index in [4.69, 9.17) is 9.15 Å². The predicted molar refractivity (Wildman–Crippen MR) is 106 cm³/mol. The summed E-state index contributed by atoms with van der Waals surface area (Å²) in [4.78, 5) is 16.9. The molecule has 4 aromatic rings. The number of benzene rings is 1. The van der Waals surface area contributed by atoms with E-state index in [-0.39, 0.29) is 5.91 Å². The van der Waals surface area contributed by atoms with Crippen LogP contribution in [-0.2, 0) is 13.1 Å². The second-order valence-electron chi connectivity index (χ2n) is 6.61. The van der Waals surface area contributed by atoms with Crippen LogP contribution >= 0.6 is 0 Å². The molecule has 0 radical (unpaired) electrons. The molecule has 0 aliphatic carbocycles. The average Bonchev–Trinajstić information content (AvgIpc) is 3.24. The maximum absolute atomic E-state index is 12.9. The van der Waals surface area contributed by atoms with Crippen molar-refractivity contribution in [1.29, 1.82) is 0 Å². The number of methoxy groups -OCH3 is 1. The molecule has 1 aromatic carbocycles. The van der Waals surface area contributed by atoms with Crippen LogP contribution in [0, 0.1) is 6.92 Å². The average molecular weight is 375 g/mol. The Kier molecular flexibility index (Phi) is 4.85. The van der Waals surface area contributed by atoms with E-state index in [9.17, 15) is 4.79 Å². The van der Waals surface area contributed by atoms with Gasteiger partial charge in [-0.1, -0.05) is 12.1 Å². The maximum Gasteiger partial charge on any atom is 0.268 e. The summed E-state index contributed by atoms with van der Waals surface area (Å²) in [7, 11) is 1.64. The summed E-state index contributed by atoms with van der Waals surface area (Å²) < 4.78 is 13.0. The van der Waals surface area contributed by atoms with Gasteiger partial charge in [0, 0.05) is 37.6 Å². The summed E-state index contributed by atoms with van der Waals surface area (Å²) in [6.07, 6.45) is 3.42. The third-order valence-corrected chi connectivity index (χ3v) is 4.62. The van der Waals surface area contributed by atoms with Gasteiger partial charge in [-0.2, -0.15) is 0 Å². The van der Waals surface area contributed by atoms with Crippen molar-refractivity contribution in [2.75, 3.05) is 7.11 Å². The monoisotopic (exact) mass is 375 g/mol. The third-order valence-electron chi connectivity index (χ3n) is 4.62. The first kappa shape index (κ1) is 17.9. The van der Waals surface area contributed by atoms with Crippen LogP contribution in [0.4, 0.5) is 0 Å². The Morgan fingerprint density at radius 2 is 1.96 bits per heavy atom. The van der Waals surface area contributed by atoms with Gasteiger partial charge in [-0.15, -0.1) is 0 Å². The van der Waals surface area contributed by atoms with Gasteiger partial charge >= 0.3 is 0 Å². The SMILES string of the molecule is COc1cccc(Cn2c(C(=O)NCc3ccncc3)cc3oc(C)cc32)c1. The lowest BCUT2D eigenvalue weighted by atomic mass is 10.2. The second kappa shape index (κ2) is 7.60. The van der Waals surface area contributed by atoms with E-state index < -0.39 is 0 Å². The maximum atomic E-state index is 12.9. The third kappa shape index (κ3) is 3.62. The van der Waals surface area contributed by atoms with Crippen LogP contribution in [0.15, 0.2) is 65.3 Å². The van der Waals surface area contributed by atoms with E-state index in [1.165, 1.54) is 0 Å². The van der Waals surface area contributed by atoms with E-state index in [0.717, 1.165) is 28.2 Å². The van der Waals surface area contributed by atoms with Gasteiger partial charge in [0.25, 0.3) is 5.91 Å². The summed E-state index contributed by atoms with van der Waals surface area (Å²) in [6.45, 7) is 2.88. The molecule has 28 heavy (non-hydrogen) atoms. The minimum absolute atomic E-state index is 0.149. The Morgan fingerprint density at radius 3 is 2.75 bits per heavy atom. The number of aryl methyl sites for hydroxylation is 1. The molecule has 6 nitrogen and oxygen atoms in total. The number of carbonyl (C=O) groups excluding carboxylic acids is 1. The number of fused-ring (bicyclic) bond motifs is 1. The minimum atomic E-state index is -0.149. The number of nitrogens with one attached hydrogen (secondary N) is 1. The van der Waals surface area contributed by atoms with Crippen LogP contribution in [0.5, 0.6) is 5.75 Å². The summed E-state index contributed by atoms with van der Waals surface area (Å²) in [5, 5.41) is 2.98. The summed E-state index contributed by atoms with van der Waals surface area (Å²) in [5.41, 5.74) is 4.20. The fraction of sp³-hybridized carbons (Fsp3) is 0.182.